The Balaban J connectivity index is 2.45. The molecule has 0 saturated heterocycles. The second kappa shape index (κ2) is 5.19. The van der Waals surface area contributed by atoms with Crippen molar-refractivity contribution in [3.63, 3.8) is 0 Å². The highest BCUT2D eigenvalue weighted by Crippen LogP contribution is 2.31. The number of sulfonamides is 1. The molecule has 2 aromatic heterocycles. The van der Waals surface area contributed by atoms with E-state index in [9.17, 15) is 8.42 Å². The van der Waals surface area contributed by atoms with E-state index in [1.54, 1.807) is 21.0 Å². The van der Waals surface area contributed by atoms with E-state index in [-0.39, 0.29) is 16.8 Å². The highest BCUT2D eigenvalue weighted by molar-refractivity contribution is 7.89. The van der Waals surface area contributed by atoms with E-state index in [0.717, 1.165) is 4.88 Å². The minimum Gasteiger partial charge on any atom is -0.381 e. The lowest BCUT2D eigenvalue weighted by Crippen LogP contribution is -2.30. The summed E-state index contributed by atoms with van der Waals surface area (Å²) in [6.45, 7) is 3.55. The van der Waals surface area contributed by atoms with E-state index >= 15 is 0 Å². The molecule has 6 nitrogen and oxygen atoms in total. The third-order valence-corrected chi connectivity index (χ3v) is 6.58. The zero-order chi connectivity index (χ0) is 15.1. The third-order valence-electron chi connectivity index (χ3n) is 3.44. The number of rotatable bonds is 4. The summed E-state index contributed by atoms with van der Waals surface area (Å²) in [6, 6.07) is 3.57. The highest BCUT2D eigenvalue weighted by atomic mass is 32.2. The van der Waals surface area contributed by atoms with Gasteiger partial charge in [0.2, 0.25) is 10.0 Å². The first kappa shape index (κ1) is 15.0. The highest BCUT2D eigenvalue weighted by Gasteiger charge is 2.32. The maximum absolute atomic E-state index is 12.7. The lowest BCUT2D eigenvalue weighted by molar-refractivity contribution is 0.402. The summed E-state index contributed by atoms with van der Waals surface area (Å²) in [6.07, 6.45) is 0. The Labute approximate surface area is 122 Å². The summed E-state index contributed by atoms with van der Waals surface area (Å²) < 4.78 is 28.3. The van der Waals surface area contributed by atoms with Gasteiger partial charge in [0.25, 0.3) is 0 Å². The summed E-state index contributed by atoms with van der Waals surface area (Å²) in [5.74, 6) is 0.0372. The number of aryl methyl sites for hydroxylation is 1. The van der Waals surface area contributed by atoms with Crippen molar-refractivity contribution in [1.82, 2.24) is 14.1 Å². The topological polar surface area (TPSA) is 81.2 Å². The number of anilines is 1. The fraction of sp³-hybridized carbons (Fsp3) is 0.417. The molecule has 8 heteroatoms. The molecule has 2 rings (SSSR count). The largest absolute Gasteiger partial charge is 0.381 e. The van der Waals surface area contributed by atoms with Crippen molar-refractivity contribution in [2.45, 2.75) is 24.8 Å². The zero-order valence-corrected chi connectivity index (χ0v) is 13.5. The Morgan fingerprint density at radius 1 is 1.50 bits per heavy atom. The Kier molecular flexibility index (Phi) is 3.90. The molecule has 2 N–H and O–H groups in total. The van der Waals surface area contributed by atoms with Gasteiger partial charge < -0.3 is 5.73 Å². The first-order valence-electron chi connectivity index (χ1n) is 6.07. The number of aromatic nitrogens is 2. The van der Waals surface area contributed by atoms with Gasteiger partial charge in [-0.1, -0.05) is 6.07 Å². The van der Waals surface area contributed by atoms with Crippen LogP contribution in [0.3, 0.4) is 0 Å². The number of nitrogens with two attached hydrogens (primary N) is 1. The van der Waals surface area contributed by atoms with Gasteiger partial charge in [-0.15, -0.1) is 11.3 Å². The molecular weight excluding hydrogens is 296 g/mol. The Hall–Kier alpha value is -1.38. The molecule has 110 valence electrons. The van der Waals surface area contributed by atoms with Gasteiger partial charge >= 0.3 is 0 Å². The molecule has 0 spiro atoms. The van der Waals surface area contributed by atoms with Crippen LogP contribution < -0.4 is 5.73 Å². The molecule has 0 amide bonds. The molecule has 2 aromatic rings. The zero-order valence-electron chi connectivity index (χ0n) is 11.9. The van der Waals surface area contributed by atoms with Crippen molar-refractivity contribution in [1.29, 1.82) is 0 Å². The van der Waals surface area contributed by atoms with Gasteiger partial charge in [0.1, 0.15) is 4.90 Å². The molecule has 0 aliphatic carbocycles. The lowest BCUT2D eigenvalue weighted by Gasteiger charge is -2.23. The molecule has 0 saturated carbocycles. The van der Waals surface area contributed by atoms with E-state index in [1.165, 1.54) is 20.3 Å². The predicted molar refractivity (Wildman–Crippen MR) is 80.0 cm³/mol. The van der Waals surface area contributed by atoms with Crippen LogP contribution in [0.4, 0.5) is 5.82 Å². The van der Waals surface area contributed by atoms with E-state index in [2.05, 4.69) is 5.10 Å². The van der Waals surface area contributed by atoms with Crippen molar-refractivity contribution in [3.8, 4) is 0 Å². The molecule has 0 aromatic carbocycles. The normalized spacial score (nSPS) is 13.8. The van der Waals surface area contributed by atoms with Gasteiger partial charge in [0, 0.05) is 19.0 Å². The van der Waals surface area contributed by atoms with E-state index in [0.29, 0.717) is 5.69 Å². The molecular formula is C12H18N4O2S2. The summed E-state index contributed by atoms with van der Waals surface area (Å²) in [7, 11) is -0.438. The van der Waals surface area contributed by atoms with Gasteiger partial charge in [0.15, 0.2) is 5.82 Å². The first-order valence-corrected chi connectivity index (χ1v) is 8.39. The molecule has 1 unspecified atom stereocenters. The maximum atomic E-state index is 12.7. The van der Waals surface area contributed by atoms with Gasteiger partial charge in [-0.25, -0.2) is 8.42 Å². The Morgan fingerprint density at radius 3 is 2.60 bits per heavy atom. The van der Waals surface area contributed by atoms with Gasteiger partial charge in [-0.3, -0.25) is 4.68 Å². The molecule has 0 bridgehead atoms. The SMILES string of the molecule is Cc1c(S(=O)(=O)N(C)C(C)c2cccs2)c(N)nn1C. The van der Waals surface area contributed by atoms with E-state index < -0.39 is 10.0 Å². The van der Waals surface area contributed by atoms with Crippen LogP contribution in [-0.2, 0) is 17.1 Å². The molecule has 20 heavy (non-hydrogen) atoms. The summed E-state index contributed by atoms with van der Waals surface area (Å²) in [5.41, 5.74) is 6.28. The van der Waals surface area contributed by atoms with Crippen LogP contribution in [-0.4, -0.2) is 29.6 Å². The fourth-order valence-electron chi connectivity index (χ4n) is 1.99. The third kappa shape index (κ3) is 2.34. The maximum Gasteiger partial charge on any atom is 0.248 e. The minimum absolute atomic E-state index is 0.0372. The van der Waals surface area contributed by atoms with Gasteiger partial charge in [0.05, 0.1) is 11.7 Å². The van der Waals surface area contributed by atoms with E-state index in [1.807, 2.05) is 24.4 Å². The van der Waals surface area contributed by atoms with Crippen molar-refractivity contribution in [3.05, 3.63) is 28.1 Å². The summed E-state index contributed by atoms with van der Waals surface area (Å²) in [5, 5.41) is 5.90. The Morgan fingerprint density at radius 2 is 2.15 bits per heavy atom. The average Bonchev–Trinajstić information content (AvgIpc) is 2.97. The van der Waals surface area contributed by atoms with Crippen molar-refractivity contribution < 1.29 is 8.42 Å². The second-order valence-electron chi connectivity index (χ2n) is 4.64. The molecule has 0 aliphatic heterocycles. The van der Waals surface area contributed by atoms with Crippen LogP contribution in [0.5, 0.6) is 0 Å². The van der Waals surface area contributed by atoms with Gasteiger partial charge in [-0.05, 0) is 25.3 Å². The van der Waals surface area contributed by atoms with Crippen molar-refractivity contribution in [2.75, 3.05) is 12.8 Å². The first-order chi connectivity index (χ1) is 9.26. The van der Waals surface area contributed by atoms with Crippen molar-refractivity contribution in [2.24, 2.45) is 7.05 Å². The average molecular weight is 314 g/mol. The quantitative estimate of drug-likeness (QED) is 0.932. The lowest BCUT2D eigenvalue weighted by atomic mass is 10.3. The number of thiophene rings is 1. The summed E-state index contributed by atoms with van der Waals surface area (Å²) in [4.78, 5) is 1.07. The van der Waals surface area contributed by atoms with Crippen LogP contribution in [0.2, 0.25) is 0 Å². The standard InChI is InChI=1S/C12H18N4O2S2/c1-8(10-6-5-7-19-10)16(4)20(17,18)11-9(2)15(3)14-12(11)13/h5-8H,1-4H3,(H2,13,14). The number of nitrogen functional groups attached to an aromatic ring is 1. The van der Waals surface area contributed by atoms with Crippen LogP contribution in [0.15, 0.2) is 22.4 Å². The molecule has 0 aliphatic rings. The Bertz CT molecular complexity index is 704. The van der Waals surface area contributed by atoms with Crippen LogP contribution in [0, 0.1) is 6.92 Å². The smallest absolute Gasteiger partial charge is 0.248 e. The molecule has 1 atom stereocenters. The minimum atomic E-state index is -3.67. The monoisotopic (exact) mass is 314 g/mol. The molecule has 2 heterocycles. The number of hydrogen-bond donors (Lipinski definition) is 1. The van der Waals surface area contributed by atoms with E-state index in [4.69, 9.17) is 5.73 Å². The molecule has 0 radical (unpaired) electrons. The molecule has 0 fully saturated rings. The van der Waals surface area contributed by atoms with Crippen LogP contribution >= 0.6 is 11.3 Å². The second-order valence-corrected chi connectivity index (χ2v) is 7.55. The number of hydrogen-bond acceptors (Lipinski definition) is 5. The summed E-state index contributed by atoms with van der Waals surface area (Å²) >= 11 is 1.53. The van der Waals surface area contributed by atoms with Gasteiger partial charge in [-0.2, -0.15) is 9.40 Å². The number of nitrogens with zero attached hydrogens (tertiary/aromatic N) is 3. The van der Waals surface area contributed by atoms with Crippen LogP contribution in [0.25, 0.3) is 0 Å². The van der Waals surface area contributed by atoms with Crippen LogP contribution in [0.1, 0.15) is 23.5 Å². The predicted octanol–water partition coefficient (Wildman–Crippen LogP) is 1.75. The fourth-order valence-corrected chi connectivity index (χ4v) is 4.52. The van der Waals surface area contributed by atoms with Crippen molar-refractivity contribution >= 4 is 27.2 Å².